The van der Waals surface area contributed by atoms with Crippen LogP contribution >= 0.6 is 12.0 Å². The van der Waals surface area contributed by atoms with Gasteiger partial charge in [-0.3, -0.25) is 4.79 Å². The van der Waals surface area contributed by atoms with Crippen LogP contribution < -0.4 is 5.48 Å². The van der Waals surface area contributed by atoms with Gasteiger partial charge in [0.15, 0.2) is 11.6 Å². The number of aliphatic hydroxyl groups excluding tert-OH is 1. The van der Waals surface area contributed by atoms with E-state index in [1.807, 2.05) is 0 Å². The number of fused-ring (bicyclic) bond motifs is 1. The minimum atomic E-state index is -4.57. The van der Waals surface area contributed by atoms with Gasteiger partial charge in [-0.2, -0.15) is 13.2 Å². The highest BCUT2D eigenvalue weighted by molar-refractivity contribution is 7.98. The Balaban J connectivity index is 1.73. The Hall–Kier alpha value is -2.57. The summed E-state index contributed by atoms with van der Waals surface area (Å²) in [4.78, 5) is 14.7. The van der Waals surface area contributed by atoms with Gasteiger partial charge in [0.05, 0.1) is 36.3 Å². The zero-order valence-electron chi connectivity index (χ0n) is 16.0. The number of carbonyl (C=O) groups is 1. The minimum absolute atomic E-state index is 0.0618. The Kier molecular flexibility index (Phi) is 5.24. The first-order chi connectivity index (χ1) is 14.2. The fourth-order valence-corrected chi connectivity index (χ4v) is 4.24. The van der Waals surface area contributed by atoms with E-state index < -0.39 is 29.7 Å². The third-order valence-electron chi connectivity index (χ3n) is 5.28. The molecular formula is C18H18F3N5O3S. The monoisotopic (exact) mass is 441 g/mol. The van der Waals surface area contributed by atoms with Crippen molar-refractivity contribution in [2.45, 2.75) is 38.7 Å². The number of carbonyl (C=O) groups excluding carboxylic acids is 1. The molecular weight excluding hydrogens is 423 g/mol. The van der Waals surface area contributed by atoms with Crippen molar-refractivity contribution in [2.75, 3.05) is 6.61 Å². The van der Waals surface area contributed by atoms with Crippen LogP contribution in [-0.2, 0) is 17.0 Å². The number of aromatic nitrogens is 3. The molecule has 30 heavy (non-hydrogen) atoms. The molecule has 0 radical (unpaired) electrons. The first-order valence-electron chi connectivity index (χ1n) is 9.06. The second-order valence-electron chi connectivity index (χ2n) is 7.01. The summed E-state index contributed by atoms with van der Waals surface area (Å²) >= 11 is 1.09. The van der Waals surface area contributed by atoms with Crippen molar-refractivity contribution in [1.29, 1.82) is 0 Å². The van der Waals surface area contributed by atoms with Crippen LogP contribution in [0.1, 0.15) is 46.1 Å². The van der Waals surface area contributed by atoms with Crippen molar-refractivity contribution in [2.24, 2.45) is 0 Å². The number of nitrogens with one attached hydrogen (secondary N) is 1. The molecule has 160 valence electrons. The molecule has 2 aliphatic heterocycles. The molecule has 2 aliphatic rings. The first-order valence-corrected chi connectivity index (χ1v) is 9.86. The molecule has 2 N–H and O–H groups in total. The predicted molar refractivity (Wildman–Crippen MR) is 101 cm³/mol. The van der Waals surface area contributed by atoms with Crippen LogP contribution in [0.5, 0.6) is 0 Å². The van der Waals surface area contributed by atoms with Crippen molar-refractivity contribution >= 4 is 23.6 Å². The third-order valence-corrected chi connectivity index (χ3v) is 5.79. The summed E-state index contributed by atoms with van der Waals surface area (Å²) in [5, 5.41) is 20.0. The van der Waals surface area contributed by atoms with Crippen LogP contribution in [0.3, 0.4) is 0 Å². The van der Waals surface area contributed by atoms with Crippen LogP contribution in [0.2, 0.25) is 0 Å². The lowest BCUT2D eigenvalue weighted by Crippen LogP contribution is -2.50. The van der Waals surface area contributed by atoms with Gasteiger partial charge in [0.25, 0.3) is 5.91 Å². The summed E-state index contributed by atoms with van der Waals surface area (Å²) in [5.41, 5.74) is 2.22. The van der Waals surface area contributed by atoms with Gasteiger partial charge in [0.1, 0.15) is 5.70 Å². The summed E-state index contributed by atoms with van der Waals surface area (Å²) < 4.78 is 46.7. The molecule has 1 aromatic heterocycles. The summed E-state index contributed by atoms with van der Waals surface area (Å²) in [5.74, 6) is 0.355. The average Bonchev–Trinajstić information content (AvgIpc) is 3.36. The standard InChI is InChI=1S/C18H18F3N5O3S/c1-9-12(4-3-5-13(9)18(19,20)21)17(28)26-10(2)15-22-23-16(14-8-30-29-24-14)25(15)6-11(26)7-27/h3-5,8,10-11,24,27H,6-7H2,1-2H3. The maximum atomic E-state index is 13.3. The Morgan fingerprint density at radius 3 is 2.80 bits per heavy atom. The van der Waals surface area contributed by atoms with Gasteiger partial charge in [0.2, 0.25) is 0 Å². The van der Waals surface area contributed by atoms with Crippen LogP contribution in [0.15, 0.2) is 23.6 Å². The highest BCUT2D eigenvalue weighted by Crippen LogP contribution is 2.36. The fraction of sp³-hybridized carbons (Fsp3) is 0.389. The number of nitrogens with zero attached hydrogens (tertiary/aromatic N) is 4. The van der Waals surface area contributed by atoms with Gasteiger partial charge in [-0.15, -0.1) is 10.2 Å². The fourth-order valence-electron chi connectivity index (χ4n) is 3.81. The van der Waals surface area contributed by atoms with E-state index in [9.17, 15) is 23.1 Å². The molecule has 0 spiro atoms. The van der Waals surface area contributed by atoms with Gasteiger partial charge in [-0.25, -0.2) is 9.76 Å². The first kappa shape index (κ1) is 20.7. The topological polar surface area (TPSA) is 92.5 Å². The van der Waals surface area contributed by atoms with E-state index in [1.165, 1.54) is 24.0 Å². The number of amides is 1. The lowest BCUT2D eigenvalue weighted by atomic mass is 9.98. The second kappa shape index (κ2) is 7.60. The van der Waals surface area contributed by atoms with Crippen LogP contribution in [0.4, 0.5) is 13.2 Å². The van der Waals surface area contributed by atoms with Gasteiger partial charge >= 0.3 is 6.18 Å². The molecule has 0 saturated heterocycles. The highest BCUT2D eigenvalue weighted by Gasteiger charge is 2.40. The van der Waals surface area contributed by atoms with E-state index in [0.29, 0.717) is 17.3 Å². The third kappa shape index (κ3) is 3.34. The highest BCUT2D eigenvalue weighted by atomic mass is 32.2. The van der Waals surface area contributed by atoms with Gasteiger partial charge in [-0.1, -0.05) is 6.07 Å². The smallest absolute Gasteiger partial charge is 0.394 e. The molecule has 1 aromatic carbocycles. The second-order valence-corrected chi connectivity index (χ2v) is 7.60. The van der Waals surface area contributed by atoms with Crippen LogP contribution in [-0.4, -0.2) is 43.3 Å². The summed E-state index contributed by atoms with van der Waals surface area (Å²) in [6, 6.07) is 2.23. The number of benzene rings is 1. The number of hydrogen-bond acceptors (Lipinski definition) is 7. The normalized spacial score (nSPS) is 21.3. The van der Waals surface area contributed by atoms with E-state index >= 15 is 0 Å². The molecule has 0 saturated carbocycles. The van der Waals surface area contributed by atoms with Crippen molar-refractivity contribution < 1.29 is 27.4 Å². The number of alkyl halides is 3. The predicted octanol–water partition coefficient (Wildman–Crippen LogP) is 2.66. The summed E-state index contributed by atoms with van der Waals surface area (Å²) in [7, 11) is 0. The Morgan fingerprint density at radius 1 is 1.40 bits per heavy atom. The zero-order chi connectivity index (χ0) is 21.6. The SMILES string of the molecule is Cc1c(C(=O)N2C(CO)Cn3c(C4=CSON4)nnc3C2C)cccc1C(F)(F)F. The lowest BCUT2D eigenvalue weighted by molar-refractivity contribution is -0.138. The Bertz CT molecular complexity index is 1020. The molecule has 2 unspecified atom stereocenters. The zero-order valence-corrected chi connectivity index (χ0v) is 16.8. The summed E-state index contributed by atoms with van der Waals surface area (Å²) in [6.07, 6.45) is -4.57. The quantitative estimate of drug-likeness (QED) is 0.708. The minimum Gasteiger partial charge on any atom is -0.394 e. The lowest BCUT2D eigenvalue weighted by Gasteiger charge is -2.40. The molecule has 4 rings (SSSR count). The van der Waals surface area contributed by atoms with Crippen molar-refractivity contribution in [3.63, 3.8) is 0 Å². The van der Waals surface area contributed by atoms with E-state index in [1.54, 1.807) is 16.9 Å². The van der Waals surface area contributed by atoms with E-state index in [-0.39, 0.29) is 24.3 Å². The van der Waals surface area contributed by atoms with Gasteiger partial charge in [0, 0.05) is 17.5 Å². The maximum absolute atomic E-state index is 13.3. The molecule has 0 fully saturated rings. The molecule has 2 aromatic rings. The van der Waals surface area contributed by atoms with Crippen molar-refractivity contribution in [3.8, 4) is 0 Å². The molecule has 8 nitrogen and oxygen atoms in total. The van der Waals surface area contributed by atoms with E-state index in [2.05, 4.69) is 15.7 Å². The Labute approximate surface area is 173 Å². The number of rotatable bonds is 3. The molecule has 0 aliphatic carbocycles. The molecule has 2 atom stereocenters. The van der Waals surface area contributed by atoms with Crippen molar-refractivity contribution in [1.82, 2.24) is 25.1 Å². The average molecular weight is 441 g/mol. The van der Waals surface area contributed by atoms with Gasteiger partial charge < -0.3 is 14.6 Å². The number of hydrogen-bond donors (Lipinski definition) is 2. The van der Waals surface area contributed by atoms with Crippen molar-refractivity contribution in [3.05, 3.63) is 51.9 Å². The number of hydroxylamine groups is 1. The van der Waals surface area contributed by atoms with Crippen LogP contribution in [0.25, 0.3) is 5.70 Å². The van der Waals surface area contributed by atoms with E-state index in [4.69, 9.17) is 4.28 Å². The number of halogens is 3. The molecule has 12 heteroatoms. The largest absolute Gasteiger partial charge is 0.416 e. The molecule has 0 bridgehead atoms. The maximum Gasteiger partial charge on any atom is 0.416 e. The van der Waals surface area contributed by atoms with Crippen LogP contribution in [0, 0.1) is 6.92 Å². The summed E-state index contributed by atoms with van der Waals surface area (Å²) in [6.45, 7) is 2.79. The van der Waals surface area contributed by atoms with E-state index in [0.717, 1.165) is 18.1 Å². The molecule has 3 heterocycles. The Morgan fingerprint density at radius 2 is 2.17 bits per heavy atom. The molecule has 1 amide bonds. The van der Waals surface area contributed by atoms with Gasteiger partial charge in [-0.05, 0) is 31.5 Å². The number of aliphatic hydroxyl groups is 1.